The summed E-state index contributed by atoms with van der Waals surface area (Å²) in [6.45, 7) is 10.5. The lowest BCUT2D eigenvalue weighted by atomic mass is 10.1. The summed E-state index contributed by atoms with van der Waals surface area (Å²) in [5.41, 5.74) is 12.5. The normalized spacial score (nSPS) is 17.4. The largest absolute Gasteiger partial charge is 0.493 e. The van der Waals surface area contributed by atoms with Gasteiger partial charge in [-0.2, -0.15) is 4.99 Å². The third-order valence-electron chi connectivity index (χ3n) is 8.31. The van der Waals surface area contributed by atoms with E-state index in [1.54, 1.807) is 33.5 Å². The van der Waals surface area contributed by atoms with Crippen molar-refractivity contribution in [2.24, 2.45) is 16.5 Å². The number of amides is 1. The number of aliphatic imine (C=N–C) groups is 1. The second-order valence-corrected chi connectivity index (χ2v) is 13.2. The minimum absolute atomic E-state index is 0. The zero-order chi connectivity index (χ0) is 32.7. The van der Waals surface area contributed by atoms with Crippen LogP contribution in [0.15, 0.2) is 52.9 Å². The Hall–Kier alpha value is -3.40. The van der Waals surface area contributed by atoms with E-state index in [2.05, 4.69) is 26.3 Å². The third-order valence-corrected chi connectivity index (χ3v) is 10.4. The molecule has 1 amide bonds. The Morgan fingerprint density at radius 2 is 1.46 bits per heavy atom. The van der Waals surface area contributed by atoms with Gasteiger partial charge < -0.3 is 30.6 Å². The molecular formula is C31H46ClN7O6S. The molecule has 1 unspecified atom stereocenters. The Morgan fingerprint density at radius 3 is 1.98 bits per heavy atom. The molecule has 13 nitrogen and oxygen atoms in total. The Balaban J connectivity index is 0.00000576. The van der Waals surface area contributed by atoms with Crippen molar-refractivity contribution >= 4 is 34.1 Å². The molecule has 1 atom stereocenters. The molecule has 2 heterocycles. The maximum Gasteiger partial charge on any atom is 0.280 e. The third kappa shape index (κ3) is 8.49. The lowest BCUT2D eigenvalue weighted by molar-refractivity contribution is 0.100. The predicted octanol–water partition coefficient (Wildman–Crippen LogP) is 1.40. The van der Waals surface area contributed by atoms with Crippen molar-refractivity contribution in [3.63, 3.8) is 0 Å². The van der Waals surface area contributed by atoms with E-state index in [0.717, 1.165) is 31.7 Å². The molecule has 0 aliphatic carbocycles. The zero-order valence-corrected chi connectivity index (χ0v) is 28.6. The number of likely N-dealkylation sites (N-methyl/N-ethyl adjacent to an activating group) is 1. The molecule has 46 heavy (non-hydrogen) atoms. The molecule has 2 aliphatic heterocycles. The summed E-state index contributed by atoms with van der Waals surface area (Å²) in [5, 5.41) is -0.938. The van der Waals surface area contributed by atoms with Crippen LogP contribution in [0.1, 0.15) is 21.5 Å². The van der Waals surface area contributed by atoms with Gasteiger partial charge in [0.05, 0.1) is 26.2 Å². The fourth-order valence-electron chi connectivity index (χ4n) is 5.82. The number of benzene rings is 2. The van der Waals surface area contributed by atoms with E-state index in [4.69, 9.17) is 25.7 Å². The molecule has 254 valence electrons. The highest BCUT2D eigenvalue weighted by atomic mass is 35.5. The Bertz CT molecular complexity index is 1500. The molecule has 0 radical (unpaired) electrons. The molecule has 2 aliphatic rings. The van der Waals surface area contributed by atoms with E-state index in [-0.39, 0.29) is 22.9 Å². The molecule has 4 rings (SSSR count). The number of piperazine rings is 2. The van der Waals surface area contributed by atoms with Crippen LogP contribution in [-0.4, -0.2) is 126 Å². The van der Waals surface area contributed by atoms with Gasteiger partial charge in [0.2, 0.25) is 5.75 Å². The van der Waals surface area contributed by atoms with Gasteiger partial charge in [-0.15, -0.1) is 19.0 Å². The van der Waals surface area contributed by atoms with Crippen LogP contribution >= 0.6 is 12.4 Å². The molecule has 4 N–H and O–H groups in total. The molecule has 2 saturated heterocycles. The topological polar surface area (TPSA) is 156 Å². The first kappa shape index (κ1) is 37.1. The second kappa shape index (κ2) is 16.4. The summed E-state index contributed by atoms with van der Waals surface area (Å²) in [7, 11) is 2.85. The predicted molar refractivity (Wildman–Crippen MR) is 181 cm³/mol. The number of halogens is 1. The number of rotatable bonds is 12. The maximum atomic E-state index is 14.2. The average molecular weight is 680 g/mol. The molecule has 0 bridgehead atoms. The van der Waals surface area contributed by atoms with Crippen LogP contribution in [0.4, 0.5) is 0 Å². The standard InChI is InChI=1S/C31H45N7O6S.ClH/c1-6-27(38-17-11-35(2)12-18-38)45(40,41)26-19-22(30(39)34-31(32)33)7-8-23(26)20-36-13-15-37(16-14-36)21-24-9-10-25(42-3)29(44-5)28(24)43-4;/h6-10,19,27H,1,11-18,20-21H2,2-5H3,(H4,32,33,34,39);1H. The van der Waals surface area contributed by atoms with Crippen molar-refractivity contribution < 1.29 is 27.4 Å². The number of nitrogens with two attached hydrogens (primary N) is 2. The van der Waals surface area contributed by atoms with Gasteiger partial charge in [-0.1, -0.05) is 18.2 Å². The fourth-order valence-corrected chi connectivity index (χ4v) is 7.72. The quantitative estimate of drug-likeness (QED) is 0.189. The van der Waals surface area contributed by atoms with Gasteiger partial charge in [-0.05, 0) is 30.8 Å². The fraction of sp³-hybridized carbons (Fsp3) is 0.484. The Labute approximate surface area is 278 Å². The van der Waals surface area contributed by atoms with Gasteiger partial charge >= 0.3 is 0 Å². The van der Waals surface area contributed by atoms with Gasteiger partial charge in [-0.25, -0.2) is 8.42 Å². The van der Waals surface area contributed by atoms with Crippen molar-refractivity contribution in [3.8, 4) is 17.2 Å². The molecule has 2 fully saturated rings. The number of methoxy groups -OCH3 is 3. The Kier molecular flexibility index (Phi) is 13.2. The van der Waals surface area contributed by atoms with E-state index in [9.17, 15) is 13.2 Å². The first-order valence-electron chi connectivity index (χ1n) is 14.8. The van der Waals surface area contributed by atoms with Gasteiger partial charge in [0, 0.05) is 76.6 Å². The summed E-state index contributed by atoms with van der Waals surface area (Å²) in [4.78, 5) is 25.0. The summed E-state index contributed by atoms with van der Waals surface area (Å²) >= 11 is 0. The lowest BCUT2D eigenvalue weighted by Gasteiger charge is -2.37. The van der Waals surface area contributed by atoms with Crippen molar-refractivity contribution in [1.82, 2.24) is 19.6 Å². The molecule has 0 aromatic heterocycles. The number of carbonyl (C=O) groups excluding carboxylic acids is 1. The number of sulfone groups is 1. The van der Waals surface area contributed by atoms with Crippen LogP contribution < -0.4 is 25.7 Å². The number of hydrogen-bond donors (Lipinski definition) is 2. The molecular weight excluding hydrogens is 634 g/mol. The average Bonchev–Trinajstić information content (AvgIpc) is 3.02. The van der Waals surface area contributed by atoms with Crippen LogP contribution in [0.2, 0.25) is 0 Å². The molecule has 2 aromatic carbocycles. The van der Waals surface area contributed by atoms with E-state index >= 15 is 0 Å². The molecule has 0 saturated carbocycles. The van der Waals surface area contributed by atoms with Crippen molar-refractivity contribution in [2.75, 3.05) is 80.7 Å². The maximum absolute atomic E-state index is 14.2. The number of ether oxygens (including phenoxy) is 3. The van der Waals surface area contributed by atoms with Crippen molar-refractivity contribution in [1.29, 1.82) is 0 Å². The smallest absolute Gasteiger partial charge is 0.280 e. The van der Waals surface area contributed by atoms with Crippen LogP contribution in [0.5, 0.6) is 17.2 Å². The van der Waals surface area contributed by atoms with Crippen LogP contribution in [0.3, 0.4) is 0 Å². The van der Waals surface area contributed by atoms with Gasteiger partial charge in [-0.3, -0.25) is 19.5 Å². The first-order chi connectivity index (χ1) is 21.5. The first-order valence-corrected chi connectivity index (χ1v) is 16.4. The van der Waals surface area contributed by atoms with Crippen LogP contribution in [-0.2, 0) is 22.9 Å². The summed E-state index contributed by atoms with van der Waals surface area (Å²) < 4.78 is 45.1. The van der Waals surface area contributed by atoms with Gasteiger partial charge in [0.1, 0.15) is 5.37 Å². The highest BCUT2D eigenvalue weighted by Crippen LogP contribution is 2.40. The molecule has 2 aromatic rings. The van der Waals surface area contributed by atoms with E-state index in [1.807, 2.05) is 24.1 Å². The molecule has 15 heteroatoms. The number of guanidine groups is 1. The Morgan fingerprint density at radius 1 is 0.891 bits per heavy atom. The minimum Gasteiger partial charge on any atom is -0.493 e. The summed E-state index contributed by atoms with van der Waals surface area (Å²) in [6, 6.07) is 8.50. The molecule has 0 spiro atoms. The zero-order valence-electron chi connectivity index (χ0n) is 27.0. The van der Waals surface area contributed by atoms with Crippen molar-refractivity contribution in [2.45, 2.75) is 23.4 Å². The number of hydrogen-bond acceptors (Lipinski definition) is 10. The second-order valence-electron chi connectivity index (χ2n) is 11.2. The van der Waals surface area contributed by atoms with Crippen LogP contribution in [0, 0.1) is 0 Å². The highest BCUT2D eigenvalue weighted by molar-refractivity contribution is 7.92. The van der Waals surface area contributed by atoms with E-state index < -0.39 is 27.1 Å². The lowest BCUT2D eigenvalue weighted by Crippen LogP contribution is -2.51. The monoisotopic (exact) mass is 679 g/mol. The highest BCUT2D eigenvalue weighted by Gasteiger charge is 2.35. The van der Waals surface area contributed by atoms with Crippen molar-refractivity contribution in [3.05, 3.63) is 59.7 Å². The number of carbonyl (C=O) groups is 1. The SMILES string of the molecule is C=CC(N1CCN(C)CC1)S(=O)(=O)c1cc(C(=O)N=C(N)N)ccc1CN1CCN(Cc2ccc(OC)c(OC)c2OC)CC1.Cl. The summed E-state index contributed by atoms with van der Waals surface area (Å²) in [5.74, 6) is 0.707. The van der Waals surface area contributed by atoms with Gasteiger partial charge in [0.15, 0.2) is 27.3 Å². The van der Waals surface area contributed by atoms with E-state index in [1.165, 1.54) is 12.1 Å². The number of nitrogens with zero attached hydrogens (tertiary/aromatic N) is 5. The van der Waals surface area contributed by atoms with Crippen LogP contribution in [0.25, 0.3) is 0 Å². The van der Waals surface area contributed by atoms with Gasteiger partial charge in [0.25, 0.3) is 5.91 Å². The summed E-state index contributed by atoms with van der Waals surface area (Å²) in [6.07, 6.45) is 1.47. The van der Waals surface area contributed by atoms with E-state index in [0.29, 0.717) is 62.1 Å². The minimum atomic E-state index is -3.95.